The minimum Gasteiger partial charge on any atom is -0.508 e. The number of hydrogen-bond donors (Lipinski definition) is 5. The Morgan fingerprint density at radius 3 is 2.50 bits per heavy atom. The summed E-state index contributed by atoms with van der Waals surface area (Å²) in [5.74, 6) is 0.299. The molecule has 10 heteroatoms. The van der Waals surface area contributed by atoms with Crippen LogP contribution in [-0.4, -0.2) is 70.0 Å². The van der Waals surface area contributed by atoms with Crippen molar-refractivity contribution < 1.29 is 44.2 Å². The van der Waals surface area contributed by atoms with Gasteiger partial charge in [-0.15, -0.1) is 0 Å². The molecule has 10 nitrogen and oxygen atoms in total. The minimum absolute atomic E-state index is 0.0342. The molecule has 1 aromatic heterocycles. The van der Waals surface area contributed by atoms with E-state index in [9.17, 15) is 30.3 Å². The summed E-state index contributed by atoms with van der Waals surface area (Å²) in [6, 6.07) is 8.78. The Morgan fingerprint density at radius 1 is 1.00 bits per heavy atom. The maximum Gasteiger partial charge on any atom is 0.229 e. The Labute approximate surface area is 181 Å². The Balaban J connectivity index is 1.71. The van der Waals surface area contributed by atoms with Gasteiger partial charge in [-0.05, 0) is 29.8 Å². The van der Waals surface area contributed by atoms with Crippen LogP contribution < -0.4 is 14.9 Å². The molecule has 1 saturated heterocycles. The second-order valence-electron chi connectivity index (χ2n) is 7.34. The van der Waals surface area contributed by atoms with Gasteiger partial charge in [0.05, 0.1) is 24.7 Å². The van der Waals surface area contributed by atoms with E-state index in [1.165, 1.54) is 43.7 Å². The molecule has 5 atom stereocenters. The highest BCUT2D eigenvalue weighted by molar-refractivity contribution is 5.82. The summed E-state index contributed by atoms with van der Waals surface area (Å²) in [7, 11) is 1.39. The number of rotatable bonds is 5. The van der Waals surface area contributed by atoms with Gasteiger partial charge in [-0.2, -0.15) is 0 Å². The second-order valence-corrected chi connectivity index (χ2v) is 7.34. The molecule has 0 aliphatic carbocycles. The van der Waals surface area contributed by atoms with E-state index in [1.54, 1.807) is 6.07 Å². The van der Waals surface area contributed by atoms with Gasteiger partial charge in [0.1, 0.15) is 42.0 Å². The van der Waals surface area contributed by atoms with Crippen LogP contribution in [0.4, 0.5) is 0 Å². The standard InChI is InChI=1S/C22H22O10/c1-29-14-5-2-10(13-9-30-15-7-11(24)3-4-12(15)18(13)25)6-16(14)31-22-21(28)20(27)19(26)17(8-23)32-22/h2-7,9,17,19-24,26-28H,8H2,1H3/t17-,19-,20+,21-,22-/m1/s1. The number of phenols is 1. The monoisotopic (exact) mass is 446 g/mol. The van der Waals surface area contributed by atoms with Gasteiger partial charge in [0.15, 0.2) is 16.9 Å². The van der Waals surface area contributed by atoms with Crippen LogP contribution in [0.2, 0.25) is 0 Å². The van der Waals surface area contributed by atoms with Crippen LogP contribution in [0.5, 0.6) is 17.2 Å². The van der Waals surface area contributed by atoms with E-state index in [4.69, 9.17) is 18.6 Å². The van der Waals surface area contributed by atoms with E-state index in [-0.39, 0.29) is 39.2 Å². The third-order valence-electron chi connectivity index (χ3n) is 5.32. The maximum atomic E-state index is 12.9. The summed E-state index contributed by atoms with van der Waals surface area (Å²) in [5, 5.41) is 49.4. The SMILES string of the molecule is COc1ccc(-c2coc3cc(O)ccc3c2=O)cc1O[C@@H]1O[C@H](CO)[C@@H](O)[C@H](O)[C@H]1O. The number of phenolic OH excluding ortho intramolecular Hbond substituents is 1. The number of ether oxygens (including phenoxy) is 3. The number of aliphatic hydroxyl groups is 4. The highest BCUT2D eigenvalue weighted by Crippen LogP contribution is 2.35. The number of aliphatic hydroxyl groups excluding tert-OH is 4. The third-order valence-corrected chi connectivity index (χ3v) is 5.32. The molecule has 0 amide bonds. The van der Waals surface area contributed by atoms with Gasteiger partial charge >= 0.3 is 0 Å². The molecule has 2 aromatic carbocycles. The average molecular weight is 446 g/mol. The largest absolute Gasteiger partial charge is 0.508 e. The second kappa shape index (κ2) is 8.77. The molecule has 1 aliphatic heterocycles. The lowest BCUT2D eigenvalue weighted by atomic mass is 9.99. The lowest BCUT2D eigenvalue weighted by molar-refractivity contribution is -0.277. The van der Waals surface area contributed by atoms with Crippen molar-refractivity contribution in [3.8, 4) is 28.4 Å². The normalized spacial score (nSPS) is 25.6. The number of hydrogen-bond acceptors (Lipinski definition) is 10. The van der Waals surface area contributed by atoms with Gasteiger partial charge in [0.25, 0.3) is 0 Å². The number of benzene rings is 2. The highest BCUT2D eigenvalue weighted by atomic mass is 16.7. The quantitative estimate of drug-likeness (QED) is 0.370. The topological polar surface area (TPSA) is 159 Å². The molecule has 0 radical (unpaired) electrons. The molecule has 0 spiro atoms. The molecule has 4 rings (SSSR count). The molecule has 1 fully saturated rings. The fourth-order valence-electron chi connectivity index (χ4n) is 3.54. The molecule has 0 bridgehead atoms. The molecule has 0 saturated carbocycles. The van der Waals surface area contributed by atoms with Crippen molar-refractivity contribution in [2.75, 3.05) is 13.7 Å². The third kappa shape index (κ3) is 3.90. The van der Waals surface area contributed by atoms with Crippen molar-refractivity contribution in [1.82, 2.24) is 0 Å². The van der Waals surface area contributed by atoms with Crippen molar-refractivity contribution >= 4 is 11.0 Å². The number of aromatic hydroxyl groups is 1. The van der Waals surface area contributed by atoms with Gasteiger partial charge in [-0.1, -0.05) is 6.07 Å². The zero-order valence-electron chi connectivity index (χ0n) is 16.9. The van der Waals surface area contributed by atoms with Gasteiger partial charge in [-0.25, -0.2) is 0 Å². The minimum atomic E-state index is -1.61. The lowest BCUT2D eigenvalue weighted by Crippen LogP contribution is -2.60. The molecule has 5 N–H and O–H groups in total. The van der Waals surface area contributed by atoms with Crippen LogP contribution in [-0.2, 0) is 4.74 Å². The van der Waals surface area contributed by atoms with Crippen LogP contribution >= 0.6 is 0 Å². The molecule has 170 valence electrons. The van der Waals surface area contributed by atoms with E-state index in [0.717, 1.165) is 0 Å². The summed E-state index contributed by atoms with van der Waals surface area (Å²) in [5.41, 5.74) is 0.513. The van der Waals surface area contributed by atoms with E-state index < -0.39 is 37.3 Å². The van der Waals surface area contributed by atoms with E-state index in [0.29, 0.717) is 5.56 Å². The average Bonchev–Trinajstić information content (AvgIpc) is 2.79. The van der Waals surface area contributed by atoms with Gasteiger partial charge in [0.2, 0.25) is 6.29 Å². The zero-order chi connectivity index (χ0) is 23.0. The Morgan fingerprint density at radius 2 is 1.78 bits per heavy atom. The van der Waals surface area contributed by atoms with Crippen LogP contribution in [0.3, 0.4) is 0 Å². The van der Waals surface area contributed by atoms with Gasteiger partial charge in [-0.3, -0.25) is 4.79 Å². The lowest BCUT2D eigenvalue weighted by Gasteiger charge is -2.39. The van der Waals surface area contributed by atoms with Crippen molar-refractivity contribution in [1.29, 1.82) is 0 Å². The smallest absolute Gasteiger partial charge is 0.229 e. The highest BCUT2D eigenvalue weighted by Gasteiger charge is 2.45. The molecule has 3 aromatic rings. The van der Waals surface area contributed by atoms with Gasteiger partial charge < -0.3 is 44.2 Å². The summed E-state index contributed by atoms with van der Waals surface area (Å²) in [6.07, 6.45) is -6.06. The number of fused-ring (bicyclic) bond motifs is 1. The van der Waals surface area contributed by atoms with Crippen molar-refractivity contribution in [3.05, 3.63) is 52.9 Å². The zero-order valence-corrected chi connectivity index (χ0v) is 16.9. The summed E-state index contributed by atoms with van der Waals surface area (Å²) < 4.78 is 21.8. The first-order valence-corrected chi connectivity index (χ1v) is 9.74. The first kappa shape index (κ1) is 22.1. The Hall–Kier alpha value is -3.15. The predicted molar refractivity (Wildman–Crippen MR) is 111 cm³/mol. The van der Waals surface area contributed by atoms with E-state index in [1.807, 2.05) is 0 Å². The molecular weight excluding hydrogens is 424 g/mol. The Kier molecular flexibility index (Phi) is 6.04. The fraction of sp³-hybridized carbons (Fsp3) is 0.318. The first-order valence-electron chi connectivity index (χ1n) is 9.74. The van der Waals surface area contributed by atoms with Crippen LogP contribution in [0.25, 0.3) is 22.1 Å². The molecule has 0 unspecified atom stereocenters. The van der Waals surface area contributed by atoms with Crippen LogP contribution in [0.1, 0.15) is 0 Å². The van der Waals surface area contributed by atoms with Crippen molar-refractivity contribution in [2.24, 2.45) is 0 Å². The number of methoxy groups -OCH3 is 1. The van der Waals surface area contributed by atoms with Crippen LogP contribution in [0.15, 0.2) is 51.9 Å². The van der Waals surface area contributed by atoms with Crippen LogP contribution in [0, 0.1) is 0 Å². The summed E-state index contributed by atoms with van der Waals surface area (Å²) in [4.78, 5) is 12.9. The molecule has 32 heavy (non-hydrogen) atoms. The molecular formula is C22H22O10. The summed E-state index contributed by atoms with van der Waals surface area (Å²) in [6.45, 7) is -0.602. The molecule has 2 heterocycles. The Bertz CT molecular complexity index is 1170. The fourth-order valence-corrected chi connectivity index (χ4v) is 3.54. The van der Waals surface area contributed by atoms with Crippen molar-refractivity contribution in [3.63, 3.8) is 0 Å². The van der Waals surface area contributed by atoms with Gasteiger partial charge in [0, 0.05) is 6.07 Å². The predicted octanol–water partition coefficient (Wildman–Crippen LogP) is 0.353. The van der Waals surface area contributed by atoms with E-state index in [2.05, 4.69) is 0 Å². The first-order chi connectivity index (χ1) is 15.3. The maximum absolute atomic E-state index is 12.9. The summed E-state index contributed by atoms with van der Waals surface area (Å²) >= 11 is 0. The molecule has 1 aliphatic rings. The van der Waals surface area contributed by atoms with E-state index >= 15 is 0 Å². The van der Waals surface area contributed by atoms with Crippen molar-refractivity contribution in [2.45, 2.75) is 30.7 Å².